The summed E-state index contributed by atoms with van der Waals surface area (Å²) in [7, 11) is 0. The van der Waals surface area contributed by atoms with Crippen LogP contribution in [0.2, 0.25) is 0 Å². The number of halogens is 1. The zero-order chi connectivity index (χ0) is 6.69. The average Bonchev–Trinajstić information content (AvgIpc) is 1.89. The van der Waals surface area contributed by atoms with Crippen LogP contribution in [0, 0.1) is 5.92 Å². The minimum atomic E-state index is -0.795. The number of rotatable bonds is 1. The maximum Gasteiger partial charge on any atom is 0.108 e. The smallest absolute Gasteiger partial charge is 0.108 e. The van der Waals surface area contributed by atoms with Crippen LogP contribution in [0.25, 0.3) is 0 Å². The SMILES string of the molecule is OC[C@H]1CNCC[C@H]1F. The molecule has 0 amide bonds. The van der Waals surface area contributed by atoms with Gasteiger partial charge in [-0.05, 0) is 13.0 Å². The van der Waals surface area contributed by atoms with E-state index in [-0.39, 0.29) is 12.5 Å². The van der Waals surface area contributed by atoms with Crippen LogP contribution in [0.5, 0.6) is 0 Å². The number of hydrogen-bond donors (Lipinski definition) is 2. The van der Waals surface area contributed by atoms with Gasteiger partial charge in [0.2, 0.25) is 0 Å². The largest absolute Gasteiger partial charge is 0.396 e. The van der Waals surface area contributed by atoms with E-state index in [1.54, 1.807) is 0 Å². The van der Waals surface area contributed by atoms with Gasteiger partial charge in [-0.2, -0.15) is 0 Å². The molecule has 1 heterocycles. The molecule has 0 aliphatic carbocycles. The lowest BCUT2D eigenvalue weighted by atomic mass is 9.99. The van der Waals surface area contributed by atoms with Crippen molar-refractivity contribution >= 4 is 0 Å². The molecular weight excluding hydrogens is 121 g/mol. The fraction of sp³-hybridized carbons (Fsp3) is 1.00. The van der Waals surface area contributed by atoms with Crippen molar-refractivity contribution in [2.45, 2.75) is 12.6 Å². The molecule has 0 aromatic rings. The Morgan fingerprint density at radius 3 is 2.89 bits per heavy atom. The number of aliphatic hydroxyl groups is 1. The van der Waals surface area contributed by atoms with Crippen LogP contribution < -0.4 is 5.32 Å². The lowest BCUT2D eigenvalue weighted by Crippen LogP contribution is -2.39. The van der Waals surface area contributed by atoms with Crippen LogP contribution >= 0.6 is 0 Å². The number of alkyl halides is 1. The third kappa shape index (κ3) is 1.63. The van der Waals surface area contributed by atoms with E-state index in [9.17, 15) is 4.39 Å². The van der Waals surface area contributed by atoms with Crippen LogP contribution in [0.1, 0.15) is 6.42 Å². The summed E-state index contributed by atoms with van der Waals surface area (Å²) in [4.78, 5) is 0. The molecule has 0 radical (unpaired) electrons. The summed E-state index contributed by atoms with van der Waals surface area (Å²) in [5, 5.41) is 11.6. The summed E-state index contributed by atoms with van der Waals surface area (Å²) >= 11 is 0. The van der Waals surface area contributed by atoms with E-state index in [1.165, 1.54) is 0 Å². The topological polar surface area (TPSA) is 32.3 Å². The predicted octanol–water partition coefficient (Wildman–Crippen LogP) is -0.0737. The standard InChI is InChI=1S/C6H12FNO/c7-6-1-2-8-3-5(6)4-9/h5-6,8-9H,1-4H2/t5-,6-/m1/s1. The van der Waals surface area contributed by atoms with Crippen LogP contribution in [0.15, 0.2) is 0 Å². The van der Waals surface area contributed by atoms with Gasteiger partial charge in [0, 0.05) is 19.1 Å². The summed E-state index contributed by atoms with van der Waals surface area (Å²) in [6.45, 7) is 1.34. The van der Waals surface area contributed by atoms with E-state index < -0.39 is 6.17 Å². The quantitative estimate of drug-likeness (QED) is 0.524. The molecule has 54 valence electrons. The molecule has 1 aliphatic heterocycles. The van der Waals surface area contributed by atoms with Crippen LogP contribution in [-0.4, -0.2) is 31.0 Å². The molecule has 1 rings (SSSR count). The van der Waals surface area contributed by atoms with Crippen molar-refractivity contribution in [2.24, 2.45) is 5.92 Å². The maximum absolute atomic E-state index is 12.6. The van der Waals surface area contributed by atoms with Crippen LogP contribution in [-0.2, 0) is 0 Å². The van der Waals surface area contributed by atoms with Crippen molar-refractivity contribution in [3.63, 3.8) is 0 Å². The van der Waals surface area contributed by atoms with Gasteiger partial charge in [-0.15, -0.1) is 0 Å². The minimum Gasteiger partial charge on any atom is -0.396 e. The molecule has 0 bridgehead atoms. The normalized spacial score (nSPS) is 36.7. The lowest BCUT2D eigenvalue weighted by Gasteiger charge is -2.24. The van der Waals surface area contributed by atoms with E-state index in [0.29, 0.717) is 13.0 Å². The van der Waals surface area contributed by atoms with Gasteiger partial charge in [-0.3, -0.25) is 0 Å². The zero-order valence-electron chi connectivity index (χ0n) is 5.31. The lowest BCUT2D eigenvalue weighted by molar-refractivity contribution is 0.111. The first kappa shape index (κ1) is 6.96. The monoisotopic (exact) mass is 133 g/mol. The van der Waals surface area contributed by atoms with E-state index in [1.807, 2.05) is 0 Å². The van der Waals surface area contributed by atoms with Crippen molar-refractivity contribution < 1.29 is 9.50 Å². The summed E-state index contributed by atoms with van der Waals surface area (Å²) < 4.78 is 12.6. The molecule has 0 saturated carbocycles. The van der Waals surface area contributed by atoms with E-state index in [2.05, 4.69) is 5.32 Å². The summed E-state index contributed by atoms with van der Waals surface area (Å²) in [6, 6.07) is 0. The summed E-state index contributed by atoms with van der Waals surface area (Å²) in [5.74, 6) is -0.168. The van der Waals surface area contributed by atoms with Crippen molar-refractivity contribution in [3.05, 3.63) is 0 Å². The molecule has 9 heavy (non-hydrogen) atoms. The second-order valence-corrected chi connectivity index (χ2v) is 2.45. The molecule has 0 spiro atoms. The molecule has 1 fully saturated rings. The number of aliphatic hydroxyl groups excluding tert-OH is 1. The Morgan fingerprint density at radius 2 is 2.44 bits per heavy atom. The second-order valence-electron chi connectivity index (χ2n) is 2.45. The van der Waals surface area contributed by atoms with E-state index >= 15 is 0 Å². The highest BCUT2D eigenvalue weighted by Gasteiger charge is 2.22. The molecule has 0 unspecified atom stereocenters. The predicted molar refractivity (Wildman–Crippen MR) is 33.0 cm³/mol. The van der Waals surface area contributed by atoms with Gasteiger partial charge in [-0.25, -0.2) is 4.39 Å². The molecule has 0 aromatic heterocycles. The molecule has 2 N–H and O–H groups in total. The summed E-state index contributed by atoms with van der Waals surface area (Å²) in [6.07, 6.45) is -0.248. The van der Waals surface area contributed by atoms with Gasteiger partial charge in [0.25, 0.3) is 0 Å². The zero-order valence-corrected chi connectivity index (χ0v) is 5.31. The molecule has 1 aliphatic rings. The molecule has 0 aromatic carbocycles. The van der Waals surface area contributed by atoms with Crippen molar-refractivity contribution in [3.8, 4) is 0 Å². The first-order valence-electron chi connectivity index (χ1n) is 3.30. The van der Waals surface area contributed by atoms with Gasteiger partial charge in [0.05, 0.1) is 0 Å². The summed E-state index contributed by atoms with van der Waals surface area (Å²) in [5.41, 5.74) is 0. The van der Waals surface area contributed by atoms with Crippen molar-refractivity contribution in [1.29, 1.82) is 0 Å². The van der Waals surface area contributed by atoms with Gasteiger partial charge in [0.15, 0.2) is 0 Å². The highest BCUT2D eigenvalue weighted by Crippen LogP contribution is 2.13. The van der Waals surface area contributed by atoms with Gasteiger partial charge in [0.1, 0.15) is 6.17 Å². The Labute approximate surface area is 54.1 Å². The Kier molecular flexibility index (Phi) is 2.42. The third-order valence-corrected chi connectivity index (χ3v) is 1.75. The fourth-order valence-corrected chi connectivity index (χ4v) is 1.07. The van der Waals surface area contributed by atoms with E-state index in [4.69, 9.17) is 5.11 Å². The Morgan fingerprint density at radius 1 is 1.67 bits per heavy atom. The average molecular weight is 133 g/mol. The van der Waals surface area contributed by atoms with Gasteiger partial charge in [-0.1, -0.05) is 0 Å². The third-order valence-electron chi connectivity index (χ3n) is 1.75. The Hall–Kier alpha value is -0.150. The first-order chi connectivity index (χ1) is 4.34. The van der Waals surface area contributed by atoms with Crippen molar-refractivity contribution in [1.82, 2.24) is 5.32 Å². The van der Waals surface area contributed by atoms with Gasteiger partial charge >= 0.3 is 0 Å². The molecule has 3 heteroatoms. The number of nitrogens with one attached hydrogen (secondary N) is 1. The Balaban J connectivity index is 2.30. The minimum absolute atomic E-state index is 0.0336. The maximum atomic E-state index is 12.6. The van der Waals surface area contributed by atoms with Crippen LogP contribution in [0.3, 0.4) is 0 Å². The number of piperidine rings is 1. The number of hydrogen-bond acceptors (Lipinski definition) is 2. The molecule has 1 saturated heterocycles. The second kappa shape index (κ2) is 3.13. The first-order valence-corrected chi connectivity index (χ1v) is 3.30. The van der Waals surface area contributed by atoms with Crippen LogP contribution in [0.4, 0.5) is 4.39 Å². The molecule has 2 nitrogen and oxygen atoms in total. The molecule has 2 atom stereocenters. The Bertz CT molecular complexity index is 89.1. The highest BCUT2D eigenvalue weighted by molar-refractivity contribution is 4.76. The van der Waals surface area contributed by atoms with E-state index in [0.717, 1.165) is 6.54 Å². The molecular formula is C6H12FNO. The fourth-order valence-electron chi connectivity index (χ4n) is 1.07. The highest BCUT2D eigenvalue weighted by atomic mass is 19.1. The van der Waals surface area contributed by atoms with Crippen molar-refractivity contribution in [2.75, 3.05) is 19.7 Å². The van der Waals surface area contributed by atoms with Gasteiger partial charge < -0.3 is 10.4 Å².